The molecule has 0 radical (unpaired) electrons. The van der Waals surface area contributed by atoms with Gasteiger partial charge in [-0.2, -0.15) is 0 Å². The summed E-state index contributed by atoms with van der Waals surface area (Å²) in [5.74, 6) is -5.02. The van der Waals surface area contributed by atoms with Crippen molar-refractivity contribution >= 4 is 29.2 Å². The van der Waals surface area contributed by atoms with Gasteiger partial charge in [-0.3, -0.25) is 14.5 Å². The zero-order valence-electron chi connectivity index (χ0n) is 20.1. The minimum Gasteiger partial charge on any atom is -0.481 e. The largest absolute Gasteiger partial charge is 0.481 e. The van der Waals surface area contributed by atoms with Crippen LogP contribution < -0.4 is 0 Å². The van der Waals surface area contributed by atoms with E-state index in [-0.39, 0.29) is 0 Å². The minimum absolute atomic E-state index is 0.928. The fourth-order valence-corrected chi connectivity index (χ4v) is 4.31. The lowest BCUT2D eigenvalue weighted by molar-refractivity contribution is -0.170. The Morgan fingerprint density at radius 3 is 2.22 bits per heavy atom. The highest BCUT2D eigenvalue weighted by molar-refractivity contribution is 7.11. The van der Waals surface area contributed by atoms with Gasteiger partial charge in [-0.25, -0.2) is 14.8 Å². The molecule has 4 N–H and O–H groups in total. The van der Waals surface area contributed by atoms with Crippen LogP contribution in [0.1, 0.15) is 34.7 Å². The van der Waals surface area contributed by atoms with Crippen molar-refractivity contribution in [3.63, 3.8) is 0 Å². The van der Waals surface area contributed by atoms with E-state index in [1.807, 2.05) is 42.6 Å². The van der Waals surface area contributed by atoms with Gasteiger partial charge in [0.1, 0.15) is 0 Å². The predicted octanol–water partition coefficient (Wildman–Crippen LogP) is 1.83. The molecule has 0 saturated carbocycles. The molecule has 3 aromatic heterocycles. The van der Waals surface area contributed by atoms with Crippen molar-refractivity contribution in [1.82, 2.24) is 24.0 Å². The topological polar surface area (TPSA) is 171 Å². The Bertz CT molecular complexity index is 1110. The molecular weight excluding hydrogens is 490 g/mol. The fraction of sp³-hybridized carbons (Fsp3) is 0.435. The van der Waals surface area contributed by atoms with Crippen LogP contribution in [0.4, 0.5) is 0 Å². The Labute approximate surface area is 212 Å². The van der Waals surface area contributed by atoms with Gasteiger partial charge in [-0.05, 0) is 25.5 Å². The third kappa shape index (κ3) is 9.60. The van der Waals surface area contributed by atoms with E-state index in [2.05, 4.69) is 50.1 Å². The molecule has 36 heavy (non-hydrogen) atoms. The summed E-state index contributed by atoms with van der Waals surface area (Å²) in [5, 5.41) is 33.8. The van der Waals surface area contributed by atoms with Crippen LogP contribution in [0.5, 0.6) is 0 Å². The second kappa shape index (κ2) is 13.5. The average molecular weight is 522 g/mol. The zero-order chi connectivity index (χ0) is 26.7. The number of rotatable bonds is 13. The standard InChI is InChI=1S/C17H23N5S.C6H8O7/c1-15-4-5-17(23-15)12-22(11-16-10-19-13-20(16)2)8-3-7-21-9-6-18-14-21;7-3(8)1-6(13,5(11)12)2-4(9)10/h4-6,9-10,13-14H,3,7-8,11-12H2,1-2H3;13H,1-2H2,(H,7,8)(H,9,10)(H,11,12). The van der Waals surface area contributed by atoms with Crippen LogP contribution in [-0.4, -0.2) is 74.5 Å². The number of imidazole rings is 2. The summed E-state index contributed by atoms with van der Waals surface area (Å²) in [7, 11) is 2.06. The molecule has 0 amide bonds. The lowest BCUT2D eigenvalue weighted by Crippen LogP contribution is -2.42. The number of carboxylic acid groups (broad SMARTS) is 3. The lowest BCUT2D eigenvalue weighted by Gasteiger charge is -2.22. The molecule has 3 rings (SSSR count). The molecule has 0 bridgehead atoms. The number of thiophene rings is 1. The monoisotopic (exact) mass is 521 g/mol. The van der Waals surface area contributed by atoms with E-state index in [1.165, 1.54) is 15.4 Å². The molecule has 0 aliphatic rings. The summed E-state index contributed by atoms with van der Waals surface area (Å²) in [6, 6.07) is 4.44. The van der Waals surface area contributed by atoms with Crippen LogP contribution in [0.25, 0.3) is 0 Å². The smallest absolute Gasteiger partial charge is 0.336 e. The molecule has 0 aliphatic heterocycles. The van der Waals surface area contributed by atoms with Gasteiger partial charge in [0.25, 0.3) is 0 Å². The molecule has 0 unspecified atom stereocenters. The molecule has 0 fully saturated rings. The van der Waals surface area contributed by atoms with Gasteiger partial charge in [0.15, 0.2) is 5.60 Å². The Hall–Kier alpha value is -3.55. The van der Waals surface area contributed by atoms with E-state index in [0.29, 0.717) is 0 Å². The van der Waals surface area contributed by atoms with E-state index < -0.39 is 36.4 Å². The van der Waals surface area contributed by atoms with E-state index in [0.717, 1.165) is 32.6 Å². The quantitative estimate of drug-likeness (QED) is 0.260. The number of aliphatic carboxylic acids is 3. The molecule has 0 aromatic carbocycles. The first kappa shape index (κ1) is 28.7. The van der Waals surface area contributed by atoms with Gasteiger partial charge >= 0.3 is 17.9 Å². The third-order valence-electron chi connectivity index (χ3n) is 5.21. The first-order chi connectivity index (χ1) is 17.0. The summed E-state index contributed by atoms with van der Waals surface area (Å²) in [6.07, 6.45) is 8.39. The van der Waals surface area contributed by atoms with Crippen molar-refractivity contribution in [3.8, 4) is 0 Å². The summed E-state index contributed by atoms with van der Waals surface area (Å²) in [5.41, 5.74) is -1.49. The van der Waals surface area contributed by atoms with Crippen molar-refractivity contribution in [1.29, 1.82) is 0 Å². The maximum Gasteiger partial charge on any atom is 0.336 e. The Balaban J connectivity index is 0.000000302. The lowest BCUT2D eigenvalue weighted by atomic mass is 9.96. The molecule has 13 heteroatoms. The van der Waals surface area contributed by atoms with Crippen molar-refractivity contribution in [3.05, 3.63) is 58.8 Å². The number of carbonyl (C=O) groups is 3. The Morgan fingerprint density at radius 1 is 1.06 bits per heavy atom. The number of hydrogen-bond donors (Lipinski definition) is 4. The third-order valence-corrected chi connectivity index (χ3v) is 6.20. The van der Waals surface area contributed by atoms with E-state index in [1.54, 1.807) is 0 Å². The fourth-order valence-electron chi connectivity index (χ4n) is 3.38. The molecule has 0 atom stereocenters. The van der Waals surface area contributed by atoms with Crippen LogP contribution in [0.2, 0.25) is 0 Å². The van der Waals surface area contributed by atoms with E-state index >= 15 is 0 Å². The minimum atomic E-state index is -2.74. The summed E-state index contributed by atoms with van der Waals surface area (Å²) in [6.45, 7) is 6.15. The maximum absolute atomic E-state index is 10.3. The van der Waals surface area contributed by atoms with Crippen molar-refractivity contribution < 1.29 is 34.8 Å². The van der Waals surface area contributed by atoms with E-state index in [4.69, 9.17) is 20.4 Å². The number of nitrogens with zero attached hydrogens (tertiary/aromatic N) is 5. The first-order valence-electron chi connectivity index (χ1n) is 11.1. The second-order valence-electron chi connectivity index (χ2n) is 8.35. The van der Waals surface area contributed by atoms with Crippen molar-refractivity contribution in [2.24, 2.45) is 7.05 Å². The molecule has 3 aromatic rings. The molecule has 0 saturated heterocycles. The number of hydrogen-bond acceptors (Lipinski definition) is 8. The number of aromatic nitrogens is 4. The molecule has 196 valence electrons. The van der Waals surface area contributed by atoms with Gasteiger partial charge < -0.3 is 29.6 Å². The van der Waals surface area contributed by atoms with Gasteiger partial charge in [0.2, 0.25) is 0 Å². The van der Waals surface area contributed by atoms with Gasteiger partial charge in [-0.15, -0.1) is 11.3 Å². The summed E-state index contributed by atoms with van der Waals surface area (Å²) in [4.78, 5) is 44.1. The zero-order valence-corrected chi connectivity index (χ0v) is 21.0. The van der Waals surface area contributed by atoms with Crippen LogP contribution >= 0.6 is 11.3 Å². The normalized spacial score (nSPS) is 11.2. The molecule has 12 nitrogen and oxygen atoms in total. The molecule has 3 heterocycles. The second-order valence-corrected chi connectivity index (χ2v) is 9.72. The number of aryl methyl sites for hydroxylation is 3. The Kier molecular flexibility index (Phi) is 10.8. The van der Waals surface area contributed by atoms with Crippen LogP contribution in [0.3, 0.4) is 0 Å². The molecular formula is C23H31N5O7S. The Morgan fingerprint density at radius 2 is 1.75 bits per heavy atom. The van der Waals surface area contributed by atoms with Crippen LogP contribution in [-0.2, 0) is 41.1 Å². The van der Waals surface area contributed by atoms with Crippen molar-refractivity contribution in [2.45, 2.75) is 51.4 Å². The summed E-state index contributed by atoms with van der Waals surface area (Å²) >= 11 is 1.88. The number of carboxylic acids is 3. The highest BCUT2D eigenvalue weighted by atomic mass is 32.1. The van der Waals surface area contributed by atoms with E-state index in [9.17, 15) is 14.4 Å². The average Bonchev–Trinajstić information content (AvgIpc) is 3.51. The van der Waals surface area contributed by atoms with Crippen LogP contribution in [0, 0.1) is 6.92 Å². The highest BCUT2D eigenvalue weighted by Crippen LogP contribution is 2.19. The van der Waals surface area contributed by atoms with Gasteiger partial charge in [0, 0.05) is 61.6 Å². The highest BCUT2D eigenvalue weighted by Gasteiger charge is 2.40. The van der Waals surface area contributed by atoms with Crippen LogP contribution in [0.15, 0.2) is 43.4 Å². The van der Waals surface area contributed by atoms with Gasteiger partial charge in [-0.1, -0.05) is 0 Å². The predicted molar refractivity (Wildman–Crippen MR) is 130 cm³/mol. The number of aliphatic hydroxyl groups is 1. The van der Waals surface area contributed by atoms with Crippen molar-refractivity contribution in [2.75, 3.05) is 6.54 Å². The molecule has 0 aliphatic carbocycles. The summed E-state index contributed by atoms with van der Waals surface area (Å²) < 4.78 is 4.24. The maximum atomic E-state index is 10.3. The molecule has 0 spiro atoms. The first-order valence-corrected chi connectivity index (χ1v) is 11.9. The van der Waals surface area contributed by atoms with Gasteiger partial charge in [0.05, 0.1) is 31.2 Å². The SMILES string of the molecule is Cc1ccc(CN(CCCn2ccnc2)Cc2cncn2C)s1.O=C(O)CC(O)(CC(=O)O)C(=O)O.